The van der Waals surface area contributed by atoms with Crippen molar-refractivity contribution in [3.63, 3.8) is 0 Å². The van der Waals surface area contributed by atoms with Crippen LogP contribution in [0.2, 0.25) is 0 Å². The molecule has 1 aliphatic carbocycles. The molecule has 0 spiro atoms. The third kappa shape index (κ3) is 4.63. The number of nitrogens with two attached hydrogens (primary N) is 1. The summed E-state index contributed by atoms with van der Waals surface area (Å²) >= 11 is 8.47. The number of nitrogens with zero attached hydrogens (tertiary/aromatic N) is 8. The second-order valence-corrected chi connectivity index (χ2v) is 16.0. The quantitative estimate of drug-likeness (QED) is 0.157. The first-order valence-corrected chi connectivity index (χ1v) is 18.3. The maximum absolute atomic E-state index is 13.7. The van der Waals surface area contributed by atoms with Crippen LogP contribution in [0.5, 0.6) is 0 Å². The molecule has 2 bridgehead atoms. The van der Waals surface area contributed by atoms with Gasteiger partial charge in [-0.15, -0.1) is 0 Å². The minimum Gasteiger partial charge on any atom is -0.382 e. The molecule has 2 unspecified atom stereocenters. The molecule has 2 aliphatic heterocycles. The van der Waals surface area contributed by atoms with E-state index in [1.165, 1.54) is 25.2 Å². The zero-order chi connectivity index (χ0) is 29.7. The number of hydrogen-bond donors (Lipinski definition) is 4. The molecule has 5 aromatic heterocycles. The van der Waals surface area contributed by atoms with E-state index >= 15 is 0 Å². The Morgan fingerprint density at radius 1 is 0.953 bits per heavy atom. The fourth-order valence-corrected chi connectivity index (χ4v) is 9.13. The highest BCUT2D eigenvalue weighted by atomic mass is 32.7. The minimum absolute atomic E-state index is 0.162. The van der Waals surface area contributed by atoms with Crippen LogP contribution in [0.25, 0.3) is 28.1 Å². The zero-order valence-corrected chi connectivity index (χ0v) is 25.3. The molecule has 3 aliphatic rings. The van der Waals surface area contributed by atoms with Crippen LogP contribution in [-0.2, 0) is 32.0 Å². The Morgan fingerprint density at radius 3 is 2.60 bits per heavy atom. The molecule has 2 saturated heterocycles. The van der Waals surface area contributed by atoms with Gasteiger partial charge in [0.05, 0.1) is 37.5 Å². The molecule has 22 heteroatoms. The number of imidazole rings is 3. The number of fused-ring (bicyclic) bond motifs is 7. The van der Waals surface area contributed by atoms with Gasteiger partial charge in [-0.3, -0.25) is 36.8 Å². The first-order valence-electron chi connectivity index (χ1n) is 12.9. The van der Waals surface area contributed by atoms with Crippen LogP contribution < -0.4 is 11.3 Å². The van der Waals surface area contributed by atoms with E-state index in [4.69, 9.17) is 28.6 Å². The molecule has 43 heavy (non-hydrogen) atoms. The van der Waals surface area contributed by atoms with Gasteiger partial charge in [-0.05, 0) is 0 Å². The maximum Gasteiger partial charge on any atom is 0.386 e. The lowest BCUT2D eigenvalue weighted by atomic mass is 9.85. The fourth-order valence-electron chi connectivity index (χ4n) is 5.74. The van der Waals surface area contributed by atoms with Crippen molar-refractivity contribution in [3.05, 3.63) is 41.7 Å². The van der Waals surface area contributed by atoms with Gasteiger partial charge >= 0.3 is 13.6 Å². The summed E-state index contributed by atoms with van der Waals surface area (Å²) in [7, 11) is 0. The lowest BCUT2D eigenvalue weighted by Gasteiger charge is -2.45. The number of anilines is 1. The van der Waals surface area contributed by atoms with Crippen LogP contribution in [0.4, 0.5) is 5.82 Å². The standard InChI is InChI=1S/C21H22N10O8P2S2/c22-16-13-17(25-6-24-16)31(8-26-13)20-12-3-9(36-20)5-35-40(33,42)39-15-10(4-11(15)37-41(34,43)38-12)30-7-27-14-18(32)28-21-23-1-2-29(21)19(14)30/h1-2,6-12,15,20H,3-5H2,(H,33,42)(H,34,43)(H2,22,24,25)(H,23,28,32)/t9-,10+,11-,12+,15-,20+,40?,41?/m0/s1. The largest absolute Gasteiger partial charge is 0.386 e. The van der Waals surface area contributed by atoms with Crippen molar-refractivity contribution in [2.75, 3.05) is 12.3 Å². The summed E-state index contributed by atoms with van der Waals surface area (Å²) in [4.78, 5) is 36.2. The Morgan fingerprint density at radius 2 is 1.74 bits per heavy atom. The summed E-state index contributed by atoms with van der Waals surface area (Å²) in [6.07, 6.45) is 3.52. The number of H-pyrrole nitrogens is 1. The van der Waals surface area contributed by atoms with E-state index in [1.807, 2.05) is 0 Å². The van der Waals surface area contributed by atoms with E-state index in [2.05, 4.69) is 54.4 Å². The molecule has 8 rings (SSSR count). The summed E-state index contributed by atoms with van der Waals surface area (Å²) in [6, 6.07) is -0.564. The topological polar surface area (TPSA) is 218 Å². The molecule has 226 valence electrons. The molecule has 3 fully saturated rings. The highest BCUT2D eigenvalue weighted by Crippen LogP contribution is 2.64. The number of nitrogen functional groups attached to an aromatic ring is 1. The number of aromatic amines is 1. The van der Waals surface area contributed by atoms with Gasteiger partial charge in [-0.2, -0.15) is 0 Å². The average molecular weight is 669 g/mol. The molecule has 0 aromatic carbocycles. The Balaban J connectivity index is 1.13. The normalized spacial score (nSPS) is 35.0. The molecule has 8 atom stereocenters. The van der Waals surface area contributed by atoms with Crippen molar-refractivity contribution in [1.29, 1.82) is 0 Å². The third-order valence-electron chi connectivity index (χ3n) is 7.68. The van der Waals surface area contributed by atoms with Gasteiger partial charge in [0.25, 0.3) is 5.56 Å². The van der Waals surface area contributed by atoms with Crippen molar-refractivity contribution in [3.8, 4) is 0 Å². The monoisotopic (exact) mass is 668 g/mol. The predicted octanol–water partition coefficient (Wildman–Crippen LogP) is 2.29. The van der Waals surface area contributed by atoms with Crippen molar-refractivity contribution in [2.24, 2.45) is 0 Å². The number of thiol groups is 2. The van der Waals surface area contributed by atoms with Crippen molar-refractivity contribution < 1.29 is 32.0 Å². The summed E-state index contributed by atoms with van der Waals surface area (Å²) in [5.74, 6) is 0.489. The van der Waals surface area contributed by atoms with Gasteiger partial charge in [-0.1, -0.05) is 24.5 Å². The van der Waals surface area contributed by atoms with Gasteiger partial charge in [0.2, 0.25) is 5.78 Å². The Kier molecular flexibility index (Phi) is 6.35. The van der Waals surface area contributed by atoms with Gasteiger partial charge in [-0.25, -0.2) is 34.0 Å². The fraction of sp³-hybridized carbons (Fsp3) is 0.429. The maximum atomic E-state index is 13.7. The third-order valence-corrected chi connectivity index (χ3v) is 10.9. The van der Waals surface area contributed by atoms with E-state index < -0.39 is 55.8 Å². The van der Waals surface area contributed by atoms with Crippen LogP contribution in [0.15, 0.2) is 36.2 Å². The van der Waals surface area contributed by atoms with Gasteiger partial charge < -0.3 is 15.0 Å². The van der Waals surface area contributed by atoms with Gasteiger partial charge in [0, 0.05) is 25.2 Å². The lowest BCUT2D eigenvalue weighted by molar-refractivity contribution is -0.0738. The first-order chi connectivity index (χ1) is 20.6. The van der Waals surface area contributed by atoms with E-state index in [0.29, 0.717) is 22.6 Å². The number of rotatable bonds is 2. The SMILES string of the molecule is Nc1ncnc2c1ncn2[C@@H]1O[C@@H]2COP(=O)(S)O[C@@H]3[C@H](C[C@H]3n3cnc4c(=O)[nH]c5nccn5c43)OP(=O)(S)O[C@@H]1C2. The molecule has 7 heterocycles. The van der Waals surface area contributed by atoms with E-state index in [0.717, 1.165) is 0 Å². The van der Waals surface area contributed by atoms with Crippen LogP contribution in [-0.4, -0.2) is 74.5 Å². The average Bonchev–Trinajstić information content (AvgIpc) is 3.73. The number of nitrogens with one attached hydrogen (secondary N) is 1. The summed E-state index contributed by atoms with van der Waals surface area (Å²) in [6.45, 7) is -8.28. The second-order valence-electron chi connectivity index (χ2n) is 10.3. The highest BCUT2D eigenvalue weighted by molar-refractivity contribution is 8.44. The molecule has 1 saturated carbocycles. The summed E-state index contributed by atoms with van der Waals surface area (Å²) in [5.41, 5.74) is 6.83. The second kappa shape index (κ2) is 9.85. The zero-order valence-electron chi connectivity index (χ0n) is 21.7. The summed E-state index contributed by atoms with van der Waals surface area (Å²) < 4.78 is 61.6. The Labute approximate surface area is 250 Å². The minimum atomic E-state index is -4.07. The smallest absolute Gasteiger partial charge is 0.382 e. The Bertz CT molecular complexity index is 2070. The number of aromatic nitrogens is 9. The van der Waals surface area contributed by atoms with Crippen LogP contribution >= 0.6 is 38.1 Å². The molecular formula is C21H22N10O8P2S2. The molecule has 18 nitrogen and oxygen atoms in total. The van der Waals surface area contributed by atoms with Crippen LogP contribution in [0, 0.1) is 0 Å². The number of hydrogen-bond acceptors (Lipinski definition) is 14. The van der Waals surface area contributed by atoms with Crippen molar-refractivity contribution in [2.45, 2.75) is 49.5 Å². The van der Waals surface area contributed by atoms with E-state index in [-0.39, 0.29) is 30.8 Å². The molecule has 0 radical (unpaired) electrons. The molecule has 3 N–H and O–H groups in total. The van der Waals surface area contributed by atoms with E-state index in [1.54, 1.807) is 19.7 Å². The van der Waals surface area contributed by atoms with Crippen molar-refractivity contribution >= 4 is 72.0 Å². The lowest BCUT2D eigenvalue weighted by Crippen LogP contribution is -2.49. The Hall–Kier alpha value is -2.80. The summed E-state index contributed by atoms with van der Waals surface area (Å²) in [5, 5.41) is 0. The predicted molar refractivity (Wildman–Crippen MR) is 155 cm³/mol. The molecule has 0 amide bonds. The highest BCUT2D eigenvalue weighted by Gasteiger charge is 2.52. The van der Waals surface area contributed by atoms with Crippen molar-refractivity contribution in [1.82, 2.24) is 43.4 Å². The van der Waals surface area contributed by atoms with E-state index in [9.17, 15) is 13.9 Å². The first kappa shape index (κ1) is 27.7. The van der Waals surface area contributed by atoms with Gasteiger partial charge in [0.15, 0.2) is 28.9 Å². The van der Waals surface area contributed by atoms with Crippen LogP contribution in [0.1, 0.15) is 25.1 Å². The molecular weight excluding hydrogens is 646 g/mol. The number of ether oxygens (including phenoxy) is 1. The molecule has 5 aromatic rings. The van der Waals surface area contributed by atoms with Crippen LogP contribution in [0.3, 0.4) is 0 Å². The van der Waals surface area contributed by atoms with Gasteiger partial charge in [0.1, 0.15) is 24.1 Å².